The summed E-state index contributed by atoms with van der Waals surface area (Å²) in [7, 11) is 0. The van der Waals surface area contributed by atoms with Gasteiger partial charge < -0.3 is 9.84 Å². The van der Waals surface area contributed by atoms with Crippen LogP contribution in [0, 0.1) is 34.5 Å². The lowest BCUT2D eigenvalue weighted by atomic mass is 9.44. The second-order valence-corrected chi connectivity index (χ2v) is 10.8. The molecule has 0 spiro atoms. The number of carboxylic acids is 1. The monoisotopic (exact) mass is 416 g/mol. The molecule has 0 unspecified atom stereocenters. The number of rotatable bonds is 5. The maximum Gasteiger partial charge on any atom is 0.306 e. The van der Waals surface area contributed by atoms with E-state index >= 15 is 0 Å². The quantitative estimate of drug-likeness (QED) is 0.643. The van der Waals surface area contributed by atoms with Gasteiger partial charge in [-0.25, -0.2) is 0 Å². The number of fused-ring (bicyclic) bond motifs is 5. The van der Waals surface area contributed by atoms with Crippen molar-refractivity contribution >= 4 is 17.7 Å². The van der Waals surface area contributed by atoms with E-state index in [2.05, 4.69) is 19.9 Å². The Bertz CT molecular complexity index is 770. The van der Waals surface area contributed by atoms with Crippen molar-refractivity contribution in [3.63, 3.8) is 0 Å². The molecule has 5 heteroatoms. The van der Waals surface area contributed by atoms with Crippen molar-refractivity contribution < 1.29 is 24.2 Å². The maximum absolute atomic E-state index is 12.2. The molecule has 0 aromatic carbocycles. The van der Waals surface area contributed by atoms with E-state index in [9.17, 15) is 14.4 Å². The lowest BCUT2D eigenvalue weighted by Crippen LogP contribution is -2.54. The van der Waals surface area contributed by atoms with E-state index in [-0.39, 0.29) is 41.5 Å². The molecule has 30 heavy (non-hydrogen) atoms. The summed E-state index contributed by atoms with van der Waals surface area (Å²) in [5.74, 6) is 1.46. The molecule has 0 radical (unpaired) electrons. The van der Waals surface area contributed by atoms with Crippen molar-refractivity contribution in [2.24, 2.45) is 34.5 Å². The standard InChI is InChI=1S/C25H36O5/c1-15(26)19-6-7-20-18-5-4-16-14-17(30-23(29)9-8-22(27)28)10-12-24(16,2)21(18)11-13-25(19,20)3/h6,16-18,20-21H,4-5,7-14H2,1-3H3,(H,27,28)/t16-,17-,18-,20-,21+,24-,25+/m0/s1. The van der Waals surface area contributed by atoms with E-state index in [1.54, 1.807) is 6.92 Å². The SMILES string of the molecule is CC(=O)C1=CC[C@H]2[C@@H]3CC[C@H]4C[C@@H](OC(=O)CCC(=O)O)CC[C@]4(C)[C@@H]3CC[C@]12C. The second kappa shape index (κ2) is 7.80. The minimum atomic E-state index is -0.958. The van der Waals surface area contributed by atoms with Crippen LogP contribution in [0.3, 0.4) is 0 Å². The molecule has 3 fully saturated rings. The molecule has 0 amide bonds. The van der Waals surface area contributed by atoms with Crippen LogP contribution >= 0.6 is 0 Å². The average Bonchev–Trinajstić information content (AvgIpc) is 3.04. The molecule has 4 rings (SSSR count). The Morgan fingerprint density at radius 2 is 1.83 bits per heavy atom. The molecule has 3 saturated carbocycles. The van der Waals surface area contributed by atoms with Crippen molar-refractivity contribution in [2.45, 2.75) is 91.1 Å². The lowest BCUT2D eigenvalue weighted by Gasteiger charge is -2.60. The number of ketones is 1. The first kappa shape index (κ1) is 21.6. The zero-order valence-electron chi connectivity index (χ0n) is 18.6. The number of esters is 1. The number of Topliss-reactive ketones (excluding diaryl/α,β-unsaturated/α-hetero) is 1. The Balaban J connectivity index is 1.42. The van der Waals surface area contributed by atoms with Crippen LogP contribution < -0.4 is 0 Å². The first-order valence-corrected chi connectivity index (χ1v) is 11.8. The molecule has 5 nitrogen and oxygen atoms in total. The summed E-state index contributed by atoms with van der Waals surface area (Å²) in [4.78, 5) is 34.9. The van der Waals surface area contributed by atoms with Crippen LogP contribution in [0.1, 0.15) is 85.0 Å². The zero-order valence-corrected chi connectivity index (χ0v) is 18.6. The normalized spacial score (nSPS) is 42.4. The third kappa shape index (κ3) is 3.52. The van der Waals surface area contributed by atoms with Crippen LogP contribution in [-0.2, 0) is 19.1 Å². The number of ether oxygens (including phenoxy) is 1. The topological polar surface area (TPSA) is 80.7 Å². The number of allylic oxidation sites excluding steroid dienone is 2. The number of carboxylic acid groups (broad SMARTS) is 1. The van der Waals surface area contributed by atoms with Crippen LogP contribution in [0.2, 0.25) is 0 Å². The van der Waals surface area contributed by atoms with E-state index in [0.29, 0.717) is 23.7 Å². The summed E-state index contributed by atoms with van der Waals surface area (Å²) in [6.45, 7) is 6.52. The maximum atomic E-state index is 12.2. The lowest BCUT2D eigenvalue weighted by molar-refractivity contribution is -0.162. The van der Waals surface area contributed by atoms with Crippen LogP contribution in [0.5, 0.6) is 0 Å². The molecule has 0 aromatic heterocycles. The number of carbonyl (C=O) groups excluding carboxylic acids is 2. The third-order valence-corrected chi connectivity index (χ3v) is 9.42. The molecule has 4 aliphatic carbocycles. The van der Waals surface area contributed by atoms with Gasteiger partial charge in [-0.1, -0.05) is 19.9 Å². The highest BCUT2D eigenvalue weighted by atomic mass is 16.5. The zero-order chi connectivity index (χ0) is 21.7. The Kier molecular flexibility index (Phi) is 5.61. The number of hydrogen-bond donors (Lipinski definition) is 1. The van der Waals surface area contributed by atoms with Gasteiger partial charge in [-0.2, -0.15) is 0 Å². The highest BCUT2D eigenvalue weighted by Crippen LogP contribution is 2.66. The van der Waals surface area contributed by atoms with Gasteiger partial charge in [0.1, 0.15) is 6.10 Å². The molecule has 0 heterocycles. The summed E-state index contributed by atoms with van der Waals surface area (Å²) < 4.78 is 5.65. The molecule has 0 aliphatic heterocycles. The number of carbonyl (C=O) groups is 3. The van der Waals surface area contributed by atoms with Gasteiger partial charge in [0.05, 0.1) is 12.8 Å². The molecule has 4 aliphatic rings. The molecule has 0 bridgehead atoms. The summed E-state index contributed by atoms with van der Waals surface area (Å²) >= 11 is 0. The van der Waals surface area contributed by atoms with Gasteiger partial charge in [-0.3, -0.25) is 14.4 Å². The highest BCUT2D eigenvalue weighted by Gasteiger charge is 2.59. The van der Waals surface area contributed by atoms with Crippen LogP contribution in [-0.4, -0.2) is 28.9 Å². The van der Waals surface area contributed by atoms with Crippen molar-refractivity contribution in [1.82, 2.24) is 0 Å². The molecule has 1 N–H and O–H groups in total. The van der Waals surface area contributed by atoms with E-state index in [0.717, 1.165) is 37.7 Å². The average molecular weight is 417 g/mol. The minimum absolute atomic E-state index is 0.0375. The van der Waals surface area contributed by atoms with Crippen molar-refractivity contribution in [1.29, 1.82) is 0 Å². The fourth-order valence-corrected chi connectivity index (χ4v) is 7.89. The van der Waals surface area contributed by atoms with Crippen LogP contribution in [0.4, 0.5) is 0 Å². The summed E-state index contributed by atoms with van der Waals surface area (Å²) in [5, 5.41) is 8.77. The Hall–Kier alpha value is -1.65. The smallest absolute Gasteiger partial charge is 0.306 e. The molecular formula is C25H36O5. The van der Waals surface area contributed by atoms with Gasteiger partial charge in [0.25, 0.3) is 0 Å². The minimum Gasteiger partial charge on any atom is -0.481 e. The predicted molar refractivity (Wildman–Crippen MR) is 113 cm³/mol. The van der Waals surface area contributed by atoms with Gasteiger partial charge in [0.2, 0.25) is 0 Å². The van der Waals surface area contributed by atoms with E-state index in [1.807, 2.05) is 0 Å². The van der Waals surface area contributed by atoms with Gasteiger partial charge in [-0.15, -0.1) is 0 Å². The van der Waals surface area contributed by atoms with E-state index in [4.69, 9.17) is 9.84 Å². The highest BCUT2D eigenvalue weighted by molar-refractivity contribution is 5.95. The first-order chi connectivity index (χ1) is 14.1. The molecule has 166 valence electrons. The summed E-state index contributed by atoms with van der Waals surface area (Å²) in [6, 6.07) is 0. The molecule has 7 atom stereocenters. The van der Waals surface area contributed by atoms with E-state index in [1.165, 1.54) is 19.3 Å². The van der Waals surface area contributed by atoms with Crippen molar-refractivity contribution in [3.8, 4) is 0 Å². The Morgan fingerprint density at radius 3 is 2.53 bits per heavy atom. The number of aliphatic carboxylic acids is 1. The third-order valence-electron chi connectivity index (χ3n) is 9.42. The Labute approximate surface area is 179 Å². The van der Waals surface area contributed by atoms with Gasteiger partial charge in [0.15, 0.2) is 5.78 Å². The molecule has 0 saturated heterocycles. The second-order valence-electron chi connectivity index (χ2n) is 10.8. The number of hydrogen-bond acceptors (Lipinski definition) is 4. The summed E-state index contributed by atoms with van der Waals surface area (Å²) in [6.07, 6.45) is 10.6. The fourth-order valence-electron chi connectivity index (χ4n) is 7.89. The Morgan fingerprint density at radius 1 is 1.07 bits per heavy atom. The van der Waals surface area contributed by atoms with Gasteiger partial charge in [0, 0.05) is 0 Å². The van der Waals surface area contributed by atoms with Crippen molar-refractivity contribution in [3.05, 3.63) is 11.6 Å². The molecule has 0 aromatic rings. The van der Waals surface area contributed by atoms with Gasteiger partial charge in [-0.05, 0) is 98.4 Å². The van der Waals surface area contributed by atoms with Crippen LogP contribution in [0.15, 0.2) is 11.6 Å². The van der Waals surface area contributed by atoms with Crippen molar-refractivity contribution in [2.75, 3.05) is 0 Å². The van der Waals surface area contributed by atoms with Gasteiger partial charge >= 0.3 is 11.9 Å². The predicted octanol–water partition coefficient (Wildman–Crippen LogP) is 4.93. The molecular weight excluding hydrogens is 380 g/mol. The van der Waals surface area contributed by atoms with E-state index < -0.39 is 5.97 Å². The summed E-state index contributed by atoms with van der Waals surface area (Å²) in [5.41, 5.74) is 1.43. The fraction of sp³-hybridized carbons (Fsp3) is 0.800. The largest absolute Gasteiger partial charge is 0.481 e. The van der Waals surface area contributed by atoms with Crippen LogP contribution in [0.25, 0.3) is 0 Å². The first-order valence-electron chi connectivity index (χ1n) is 11.8.